The van der Waals surface area contributed by atoms with Crippen LogP contribution in [0.5, 0.6) is 0 Å². The van der Waals surface area contributed by atoms with Crippen LogP contribution in [0.3, 0.4) is 0 Å². The molecule has 2 heteroatoms. The molecule has 0 amide bonds. The van der Waals surface area contributed by atoms with E-state index in [0.29, 0.717) is 23.0 Å². The van der Waals surface area contributed by atoms with Crippen LogP contribution in [-0.2, 0) is 4.79 Å². The molecule has 4 aliphatic carbocycles. The number of hydrogen-bond acceptors (Lipinski definition) is 2. The van der Waals surface area contributed by atoms with Gasteiger partial charge in [-0.1, -0.05) is 27.2 Å². The van der Waals surface area contributed by atoms with Gasteiger partial charge in [0.15, 0.2) is 0 Å². The molecule has 24 heavy (non-hydrogen) atoms. The minimum absolute atomic E-state index is 0.00196. The van der Waals surface area contributed by atoms with Gasteiger partial charge in [-0.3, -0.25) is 4.79 Å². The number of aliphatic hydroxyl groups is 1. The van der Waals surface area contributed by atoms with Crippen molar-refractivity contribution >= 4 is 5.78 Å². The van der Waals surface area contributed by atoms with Gasteiger partial charge in [-0.15, -0.1) is 0 Å². The Bertz CT molecular complexity index is 528. The van der Waals surface area contributed by atoms with Gasteiger partial charge in [0, 0.05) is 11.8 Å². The highest BCUT2D eigenvalue weighted by Crippen LogP contribution is 2.66. The molecule has 0 saturated heterocycles. The fourth-order valence-electron chi connectivity index (χ4n) is 7.79. The van der Waals surface area contributed by atoms with Crippen LogP contribution in [0.4, 0.5) is 0 Å². The summed E-state index contributed by atoms with van der Waals surface area (Å²) in [7, 11) is 0. The van der Waals surface area contributed by atoms with E-state index >= 15 is 0 Å². The van der Waals surface area contributed by atoms with E-state index in [1.165, 1.54) is 25.7 Å². The van der Waals surface area contributed by atoms with Crippen molar-refractivity contribution in [1.29, 1.82) is 0 Å². The molecule has 0 aromatic heterocycles. The monoisotopic (exact) mass is 332 g/mol. The lowest BCUT2D eigenvalue weighted by Crippen LogP contribution is -2.55. The molecule has 1 N–H and O–H groups in total. The van der Waals surface area contributed by atoms with Crippen LogP contribution in [-0.4, -0.2) is 16.5 Å². The van der Waals surface area contributed by atoms with Crippen molar-refractivity contribution in [3.05, 3.63) is 0 Å². The number of carbonyl (C=O) groups is 1. The van der Waals surface area contributed by atoms with E-state index in [4.69, 9.17) is 0 Å². The van der Waals surface area contributed by atoms with Crippen LogP contribution in [0, 0.1) is 34.5 Å². The van der Waals surface area contributed by atoms with Crippen molar-refractivity contribution in [2.75, 3.05) is 0 Å². The van der Waals surface area contributed by atoms with Crippen LogP contribution >= 0.6 is 0 Å². The zero-order valence-corrected chi connectivity index (χ0v) is 15.9. The molecule has 0 radical (unpaired) electrons. The summed E-state index contributed by atoms with van der Waals surface area (Å²) >= 11 is 0. The summed E-state index contributed by atoms with van der Waals surface area (Å²) in [4.78, 5) is 12.5. The maximum Gasteiger partial charge on any atom is 0.139 e. The summed E-state index contributed by atoms with van der Waals surface area (Å²) in [6, 6.07) is 0. The lowest BCUT2D eigenvalue weighted by Gasteiger charge is -2.61. The molecular weight excluding hydrogens is 296 g/mol. The largest absolute Gasteiger partial charge is 0.390 e. The van der Waals surface area contributed by atoms with E-state index in [-0.39, 0.29) is 5.41 Å². The summed E-state index contributed by atoms with van der Waals surface area (Å²) < 4.78 is 0. The first kappa shape index (κ1) is 17.1. The van der Waals surface area contributed by atoms with Crippen LogP contribution < -0.4 is 0 Å². The summed E-state index contributed by atoms with van der Waals surface area (Å²) in [5, 5.41) is 11.0. The second kappa shape index (κ2) is 5.56. The molecule has 136 valence electrons. The third-order valence-electron chi connectivity index (χ3n) is 9.24. The number of hydrogen-bond donors (Lipinski definition) is 1. The summed E-state index contributed by atoms with van der Waals surface area (Å²) in [5.41, 5.74) is 0.0239. The lowest BCUT2D eigenvalue weighted by molar-refractivity contribution is -0.155. The fraction of sp³-hybridized carbons (Fsp3) is 0.955. The lowest BCUT2D eigenvalue weighted by atomic mass is 9.44. The van der Waals surface area contributed by atoms with Crippen LogP contribution in [0.1, 0.15) is 91.4 Å². The molecule has 0 aromatic carbocycles. The Labute approximate surface area is 147 Å². The number of fused-ring (bicyclic) bond motifs is 5. The molecule has 0 aliphatic heterocycles. The first-order valence-electron chi connectivity index (χ1n) is 10.6. The summed E-state index contributed by atoms with van der Waals surface area (Å²) in [6.45, 7) is 7.01. The third kappa shape index (κ3) is 2.27. The average Bonchev–Trinajstić information content (AvgIpc) is 2.84. The van der Waals surface area contributed by atoms with Gasteiger partial charge >= 0.3 is 0 Å². The van der Waals surface area contributed by atoms with Crippen LogP contribution in [0.15, 0.2) is 0 Å². The minimum Gasteiger partial charge on any atom is -0.390 e. The third-order valence-corrected chi connectivity index (χ3v) is 9.24. The molecule has 0 spiro atoms. The fourth-order valence-corrected chi connectivity index (χ4v) is 7.79. The zero-order valence-electron chi connectivity index (χ0n) is 15.9. The van der Waals surface area contributed by atoms with E-state index < -0.39 is 5.60 Å². The highest BCUT2D eigenvalue weighted by atomic mass is 16.3. The number of ketones is 1. The van der Waals surface area contributed by atoms with E-state index in [0.717, 1.165) is 56.8 Å². The van der Waals surface area contributed by atoms with Gasteiger partial charge in [-0.05, 0) is 86.9 Å². The Kier molecular flexibility index (Phi) is 3.95. The van der Waals surface area contributed by atoms with E-state index in [1.807, 2.05) is 0 Å². The Balaban J connectivity index is 1.58. The maximum absolute atomic E-state index is 12.5. The van der Waals surface area contributed by atoms with Crippen LogP contribution in [0.25, 0.3) is 0 Å². The topological polar surface area (TPSA) is 37.3 Å². The Morgan fingerprint density at radius 2 is 1.83 bits per heavy atom. The van der Waals surface area contributed by atoms with Crippen molar-refractivity contribution < 1.29 is 9.90 Å². The molecule has 1 unspecified atom stereocenters. The SMILES string of the molecule is CCC[C@]1(O)CC[C@@]2(C)C(CC[C@@H]3[C@@H]2CC[C@]2(C)C(=O)CC[C@@H]32)C1. The average molecular weight is 333 g/mol. The van der Waals surface area contributed by atoms with Crippen molar-refractivity contribution in [3.8, 4) is 0 Å². The second-order valence-electron chi connectivity index (χ2n) is 10.3. The standard InChI is InChI=1S/C22H36O2/c1-4-10-22(24)13-12-20(2)15(14-22)5-6-16-17-7-8-19(23)21(17,3)11-9-18(16)20/h15-18,24H,4-14H2,1-3H3/t15?,16-,17-,18-,20-,21-,22-/m0/s1. The highest BCUT2D eigenvalue weighted by Gasteiger charge is 2.61. The highest BCUT2D eigenvalue weighted by molar-refractivity contribution is 5.87. The van der Waals surface area contributed by atoms with Gasteiger partial charge in [0.1, 0.15) is 5.78 Å². The van der Waals surface area contributed by atoms with Crippen molar-refractivity contribution in [2.24, 2.45) is 34.5 Å². The van der Waals surface area contributed by atoms with E-state index in [9.17, 15) is 9.90 Å². The summed E-state index contributed by atoms with van der Waals surface area (Å²) in [6.07, 6.45) is 12.2. The minimum atomic E-state index is -0.391. The number of carbonyl (C=O) groups excluding carboxylic acids is 1. The maximum atomic E-state index is 12.5. The summed E-state index contributed by atoms with van der Waals surface area (Å²) in [5.74, 6) is 3.47. The number of Topliss-reactive ketones (excluding diaryl/α,β-unsaturated/α-hetero) is 1. The van der Waals surface area contributed by atoms with E-state index in [2.05, 4.69) is 20.8 Å². The molecule has 0 aromatic rings. The smallest absolute Gasteiger partial charge is 0.139 e. The van der Waals surface area contributed by atoms with E-state index in [1.54, 1.807) is 0 Å². The van der Waals surface area contributed by atoms with Gasteiger partial charge in [0.2, 0.25) is 0 Å². The first-order chi connectivity index (χ1) is 11.3. The molecule has 2 nitrogen and oxygen atoms in total. The predicted molar refractivity (Wildman–Crippen MR) is 96.6 cm³/mol. The van der Waals surface area contributed by atoms with Crippen molar-refractivity contribution in [1.82, 2.24) is 0 Å². The predicted octanol–water partition coefficient (Wildman–Crippen LogP) is 5.13. The molecule has 4 rings (SSSR count). The Hall–Kier alpha value is -0.370. The Morgan fingerprint density at radius 1 is 1.04 bits per heavy atom. The van der Waals surface area contributed by atoms with Gasteiger partial charge in [0.05, 0.1) is 5.60 Å². The van der Waals surface area contributed by atoms with Crippen molar-refractivity contribution in [3.63, 3.8) is 0 Å². The van der Waals surface area contributed by atoms with Gasteiger partial charge in [-0.25, -0.2) is 0 Å². The Morgan fingerprint density at radius 3 is 2.58 bits per heavy atom. The van der Waals surface area contributed by atoms with Crippen molar-refractivity contribution in [2.45, 2.75) is 97.0 Å². The first-order valence-corrected chi connectivity index (χ1v) is 10.6. The zero-order chi connectivity index (χ0) is 17.2. The molecule has 0 heterocycles. The quantitative estimate of drug-likeness (QED) is 0.761. The van der Waals surface area contributed by atoms with Gasteiger partial charge in [-0.2, -0.15) is 0 Å². The normalized spacial score (nSPS) is 54.1. The van der Waals surface area contributed by atoms with Gasteiger partial charge in [0.25, 0.3) is 0 Å². The molecule has 4 aliphatic rings. The second-order valence-corrected chi connectivity index (χ2v) is 10.3. The molecule has 7 atom stereocenters. The number of rotatable bonds is 2. The molecule has 0 bridgehead atoms. The molecular formula is C22H36O2. The molecule has 4 saturated carbocycles. The van der Waals surface area contributed by atoms with Gasteiger partial charge < -0.3 is 5.11 Å². The molecule has 4 fully saturated rings. The van der Waals surface area contributed by atoms with Crippen LogP contribution in [0.2, 0.25) is 0 Å².